The number of anilines is 2. The maximum atomic E-state index is 11.3. The molecule has 108 valence electrons. The van der Waals surface area contributed by atoms with Crippen LogP contribution < -0.4 is 10.6 Å². The molecule has 0 saturated heterocycles. The lowest BCUT2D eigenvalue weighted by Crippen LogP contribution is -2.13. The summed E-state index contributed by atoms with van der Waals surface area (Å²) in [4.78, 5) is 12.4. The minimum Gasteiger partial charge on any atom is -0.450 e. The molecule has 1 amide bonds. The van der Waals surface area contributed by atoms with Gasteiger partial charge in [0.1, 0.15) is 6.07 Å². The molecule has 0 aliphatic rings. The molecule has 2 rings (SSSR count). The van der Waals surface area contributed by atoms with Crippen molar-refractivity contribution in [1.29, 1.82) is 5.26 Å². The summed E-state index contributed by atoms with van der Waals surface area (Å²) in [6.07, 6.45) is -0.458. The third kappa shape index (κ3) is 4.51. The lowest BCUT2D eigenvalue weighted by molar-refractivity contribution is 0.168. The van der Waals surface area contributed by atoms with Gasteiger partial charge in [-0.3, -0.25) is 5.32 Å². The van der Waals surface area contributed by atoms with Crippen molar-refractivity contribution >= 4 is 28.8 Å². The van der Waals surface area contributed by atoms with Gasteiger partial charge in [-0.15, -0.1) is 11.3 Å². The Morgan fingerprint density at radius 3 is 2.67 bits per heavy atom. The molecule has 0 spiro atoms. The Hall–Kier alpha value is -2.52. The van der Waals surface area contributed by atoms with Crippen LogP contribution in [0.4, 0.5) is 16.2 Å². The van der Waals surface area contributed by atoms with Crippen LogP contribution in [0.1, 0.15) is 17.4 Å². The third-order valence-corrected chi connectivity index (χ3v) is 3.59. The molecule has 0 atom stereocenters. The molecule has 0 bridgehead atoms. The Morgan fingerprint density at radius 1 is 1.33 bits per heavy atom. The molecule has 1 aromatic heterocycles. The highest BCUT2D eigenvalue weighted by Crippen LogP contribution is 2.18. The molecule has 0 fully saturated rings. The van der Waals surface area contributed by atoms with Crippen molar-refractivity contribution in [1.82, 2.24) is 0 Å². The van der Waals surface area contributed by atoms with E-state index in [-0.39, 0.29) is 0 Å². The van der Waals surface area contributed by atoms with Crippen LogP contribution in [-0.4, -0.2) is 12.7 Å². The first kappa shape index (κ1) is 14.9. The Morgan fingerprint density at radius 2 is 2.05 bits per heavy atom. The number of amides is 1. The number of nitrogens with zero attached hydrogens (tertiary/aromatic N) is 1. The fourth-order valence-electron chi connectivity index (χ4n) is 1.68. The molecule has 5 nitrogen and oxygen atoms in total. The van der Waals surface area contributed by atoms with E-state index in [9.17, 15) is 4.79 Å². The second-order valence-corrected chi connectivity index (χ2v) is 5.19. The van der Waals surface area contributed by atoms with Gasteiger partial charge < -0.3 is 10.1 Å². The molecule has 1 heterocycles. The standard InChI is InChI=1S/C15H15N3O2S/c1-2-20-15(19)18-13-5-3-12(4-6-13)17-9-14-7-11(8-16)10-21-14/h3-7,10,17H,2,9H2,1H3,(H,18,19). The van der Waals surface area contributed by atoms with E-state index in [1.54, 1.807) is 30.4 Å². The number of ether oxygens (including phenoxy) is 1. The fourth-order valence-corrected chi connectivity index (χ4v) is 2.43. The van der Waals surface area contributed by atoms with Crippen molar-refractivity contribution in [3.8, 4) is 6.07 Å². The molecule has 0 aliphatic carbocycles. The zero-order chi connectivity index (χ0) is 15.1. The van der Waals surface area contributed by atoms with Crippen molar-refractivity contribution in [2.24, 2.45) is 0 Å². The molecule has 21 heavy (non-hydrogen) atoms. The normalized spacial score (nSPS) is 9.71. The molecular weight excluding hydrogens is 286 g/mol. The van der Waals surface area contributed by atoms with Crippen LogP contribution in [0.3, 0.4) is 0 Å². The van der Waals surface area contributed by atoms with Crippen molar-refractivity contribution in [2.75, 3.05) is 17.2 Å². The maximum absolute atomic E-state index is 11.3. The number of rotatable bonds is 5. The first-order chi connectivity index (χ1) is 10.2. The Labute approximate surface area is 127 Å². The van der Waals surface area contributed by atoms with Crippen LogP contribution in [0.5, 0.6) is 0 Å². The SMILES string of the molecule is CCOC(=O)Nc1ccc(NCc2cc(C#N)cs2)cc1. The highest BCUT2D eigenvalue weighted by Gasteiger charge is 2.02. The molecular formula is C15H15N3O2S. The van der Waals surface area contributed by atoms with Crippen molar-refractivity contribution < 1.29 is 9.53 Å². The van der Waals surface area contributed by atoms with Crippen LogP contribution in [0.2, 0.25) is 0 Å². The average molecular weight is 301 g/mol. The van der Waals surface area contributed by atoms with Crippen LogP contribution in [0.15, 0.2) is 35.7 Å². The van der Waals surface area contributed by atoms with Gasteiger partial charge in [-0.25, -0.2) is 4.79 Å². The van der Waals surface area contributed by atoms with Gasteiger partial charge in [0.2, 0.25) is 0 Å². The molecule has 2 aromatic rings. The zero-order valence-corrected chi connectivity index (χ0v) is 12.4. The fraction of sp³-hybridized carbons (Fsp3) is 0.200. The number of nitrogens with one attached hydrogen (secondary N) is 2. The summed E-state index contributed by atoms with van der Waals surface area (Å²) in [6.45, 7) is 2.77. The Balaban J connectivity index is 1.87. The second-order valence-electron chi connectivity index (χ2n) is 4.19. The van der Waals surface area contributed by atoms with Gasteiger partial charge in [-0.2, -0.15) is 5.26 Å². The molecule has 1 aromatic carbocycles. The molecule has 0 radical (unpaired) electrons. The summed E-state index contributed by atoms with van der Waals surface area (Å²) in [5.41, 5.74) is 2.31. The number of benzene rings is 1. The van der Waals surface area contributed by atoms with E-state index in [1.165, 1.54) is 0 Å². The van der Waals surface area contributed by atoms with Crippen LogP contribution in [-0.2, 0) is 11.3 Å². The number of hydrogen-bond acceptors (Lipinski definition) is 5. The lowest BCUT2D eigenvalue weighted by atomic mass is 10.2. The van der Waals surface area contributed by atoms with E-state index in [0.29, 0.717) is 24.4 Å². The number of hydrogen-bond donors (Lipinski definition) is 2. The smallest absolute Gasteiger partial charge is 0.411 e. The van der Waals surface area contributed by atoms with Gasteiger partial charge in [0.15, 0.2) is 0 Å². The van der Waals surface area contributed by atoms with Crippen molar-refractivity contribution in [3.63, 3.8) is 0 Å². The molecule has 0 aliphatic heterocycles. The minimum atomic E-state index is -0.458. The van der Waals surface area contributed by atoms with Gasteiger partial charge in [0.05, 0.1) is 12.2 Å². The molecule has 6 heteroatoms. The van der Waals surface area contributed by atoms with Crippen LogP contribution >= 0.6 is 11.3 Å². The lowest BCUT2D eigenvalue weighted by Gasteiger charge is -2.07. The van der Waals surface area contributed by atoms with Crippen molar-refractivity contribution in [3.05, 3.63) is 46.2 Å². The first-order valence-electron chi connectivity index (χ1n) is 6.46. The highest BCUT2D eigenvalue weighted by atomic mass is 32.1. The monoisotopic (exact) mass is 301 g/mol. The highest BCUT2D eigenvalue weighted by molar-refractivity contribution is 7.10. The summed E-state index contributed by atoms with van der Waals surface area (Å²) in [7, 11) is 0. The van der Waals surface area contributed by atoms with E-state index >= 15 is 0 Å². The summed E-state index contributed by atoms with van der Waals surface area (Å²) >= 11 is 1.55. The number of nitriles is 1. The molecule has 0 unspecified atom stereocenters. The summed E-state index contributed by atoms with van der Waals surface area (Å²) in [6, 6.07) is 11.3. The average Bonchev–Trinajstić information content (AvgIpc) is 2.95. The second kappa shape index (κ2) is 7.31. The largest absolute Gasteiger partial charge is 0.450 e. The predicted octanol–water partition coefficient (Wildman–Crippen LogP) is 3.80. The minimum absolute atomic E-state index is 0.344. The van der Waals surface area contributed by atoms with Gasteiger partial charge in [-0.05, 0) is 37.3 Å². The zero-order valence-electron chi connectivity index (χ0n) is 11.6. The van der Waals surface area contributed by atoms with Gasteiger partial charge in [-0.1, -0.05) is 0 Å². The summed E-state index contributed by atoms with van der Waals surface area (Å²) < 4.78 is 4.80. The molecule has 0 saturated carbocycles. The maximum Gasteiger partial charge on any atom is 0.411 e. The predicted molar refractivity (Wildman–Crippen MR) is 83.4 cm³/mol. The number of thiophene rings is 1. The van der Waals surface area contributed by atoms with Crippen LogP contribution in [0.25, 0.3) is 0 Å². The van der Waals surface area contributed by atoms with Gasteiger partial charge in [0.25, 0.3) is 0 Å². The molecule has 2 N–H and O–H groups in total. The van der Waals surface area contributed by atoms with Gasteiger partial charge >= 0.3 is 6.09 Å². The van der Waals surface area contributed by atoms with E-state index < -0.39 is 6.09 Å². The van der Waals surface area contributed by atoms with Gasteiger partial charge in [0, 0.05) is 28.2 Å². The van der Waals surface area contributed by atoms with E-state index in [2.05, 4.69) is 16.7 Å². The Kier molecular flexibility index (Phi) is 5.18. The first-order valence-corrected chi connectivity index (χ1v) is 7.34. The number of carbonyl (C=O) groups is 1. The number of carbonyl (C=O) groups excluding carboxylic acids is 1. The summed E-state index contributed by atoms with van der Waals surface area (Å²) in [5, 5.41) is 16.5. The van der Waals surface area contributed by atoms with E-state index in [4.69, 9.17) is 10.00 Å². The summed E-state index contributed by atoms with van der Waals surface area (Å²) in [5.74, 6) is 0. The Bertz CT molecular complexity index is 644. The quantitative estimate of drug-likeness (QED) is 0.881. The van der Waals surface area contributed by atoms with Crippen LogP contribution in [0, 0.1) is 11.3 Å². The third-order valence-electron chi connectivity index (χ3n) is 2.66. The van der Waals surface area contributed by atoms with E-state index in [0.717, 1.165) is 10.6 Å². The topological polar surface area (TPSA) is 74.2 Å². The van der Waals surface area contributed by atoms with E-state index in [1.807, 2.05) is 23.6 Å². The van der Waals surface area contributed by atoms with Crippen molar-refractivity contribution in [2.45, 2.75) is 13.5 Å².